The first-order valence-corrected chi connectivity index (χ1v) is 5.91. The van der Waals surface area contributed by atoms with Crippen LogP contribution in [0.3, 0.4) is 0 Å². The summed E-state index contributed by atoms with van der Waals surface area (Å²) in [6.45, 7) is 4.06. The Labute approximate surface area is 96.3 Å². The maximum atomic E-state index is 12.0. The van der Waals surface area contributed by atoms with Crippen LogP contribution in [-0.2, 0) is 18.3 Å². The minimum atomic E-state index is 0.209. The number of amides is 1. The van der Waals surface area contributed by atoms with Gasteiger partial charge in [0.25, 0.3) is 0 Å². The summed E-state index contributed by atoms with van der Waals surface area (Å²) >= 11 is 0. The van der Waals surface area contributed by atoms with E-state index in [9.17, 15) is 4.79 Å². The van der Waals surface area contributed by atoms with Gasteiger partial charge in [-0.3, -0.25) is 4.79 Å². The SMILES string of the molecule is CC1CCN(C(=O)Cc2nccn2C)CC1. The summed E-state index contributed by atoms with van der Waals surface area (Å²) in [5, 5.41) is 0. The number of nitrogens with zero attached hydrogens (tertiary/aromatic N) is 3. The number of carbonyl (C=O) groups is 1. The molecule has 2 heterocycles. The Morgan fingerprint density at radius 2 is 2.19 bits per heavy atom. The molecule has 1 aliphatic rings. The Bertz CT molecular complexity index is 364. The van der Waals surface area contributed by atoms with Crippen LogP contribution in [0.5, 0.6) is 0 Å². The number of rotatable bonds is 2. The van der Waals surface area contributed by atoms with Gasteiger partial charge < -0.3 is 9.47 Å². The zero-order valence-electron chi connectivity index (χ0n) is 10.0. The third kappa shape index (κ3) is 2.43. The van der Waals surface area contributed by atoms with Crippen LogP contribution < -0.4 is 0 Å². The van der Waals surface area contributed by atoms with Crippen LogP contribution in [0.15, 0.2) is 12.4 Å². The maximum Gasteiger partial charge on any atom is 0.230 e. The van der Waals surface area contributed by atoms with E-state index in [1.54, 1.807) is 6.20 Å². The molecule has 0 N–H and O–H groups in total. The predicted octanol–water partition coefficient (Wildman–Crippen LogP) is 1.22. The summed E-state index contributed by atoms with van der Waals surface area (Å²) in [6.07, 6.45) is 6.30. The van der Waals surface area contributed by atoms with Crippen LogP contribution in [-0.4, -0.2) is 33.4 Å². The highest BCUT2D eigenvalue weighted by Gasteiger charge is 2.21. The summed E-state index contributed by atoms with van der Waals surface area (Å²) in [5.41, 5.74) is 0. The third-order valence-corrected chi connectivity index (χ3v) is 3.37. The van der Waals surface area contributed by atoms with Gasteiger partial charge in [-0.2, -0.15) is 0 Å². The first kappa shape index (κ1) is 11.2. The van der Waals surface area contributed by atoms with Gasteiger partial charge in [-0.05, 0) is 18.8 Å². The van der Waals surface area contributed by atoms with E-state index < -0.39 is 0 Å². The Hall–Kier alpha value is -1.32. The molecule has 0 aromatic carbocycles. The summed E-state index contributed by atoms with van der Waals surface area (Å²) in [7, 11) is 1.92. The average molecular weight is 221 g/mol. The topological polar surface area (TPSA) is 38.1 Å². The molecule has 1 aliphatic heterocycles. The van der Waals surface area contributed by atoms with Gasteiger partial charge in [-0.15, -0.1) is 0 Å². The van der Waals surface area contributed by atoms with Gasteiger partial charge in [-0.25, -0.2) is 4.98 Å². The molecule has 1 saturated heterocycles. The van der Waals surface area contributed by atoms with Crippen molar-refractivity contribution in [1.29, 1.82) is 0 Å². The molecule has 1 amide bonds. The van der Waals surface area contributed by atoms with Gasteiger partial charge in [-0.1, -0.05) is 6.92 Å². The van der Waals surface area contributed by atoms with Gasteiger partial charge in [0.05, 0.1) is 6.42 Å². The number of hydrogen-bond donors (Lipinski definition) is 0. The van der Waals surface area contributed by atoms with Gasteiger partial charge in [0.15, 0.2) is 0 Å². The molecule has 0 radical (unpaired) electrons. The third-order valence-electron chi connectivity index (χ3n) is 3.37. The zero-order chi connectivity index (χ0) is 11.5. The zero-order valence-corrected chi connectivity index (χ0v) is 10.0. The van der Waals surface area contributed by atoms with Gasteiger partial charge in [0, 0.05) is 32.5 Å². The standard InChI is InChI=1S/C12H19N3O/c1-10-3-6-15(7-4-10)12(16)9-11-13-5-8-14(11)2/h5,8,10H,3-4,6-7,9H2,1-2H3. The Balaban J connectivity index is 1.91. The van der Waals surface area contributed by atoms with E-state index in [1.165, 1.54) is 0 Å². The Morgan fingerprint density at radius 3 is 2.75 bits per heavy atom. The minimum Gasteiger partial charge on any atom is -0.342 e. The van der Waals surface area contributed by atoms with Crippen molar-refractivity contribution in [3.63, 3.8) is 0 Å². The van der Waals surface area contributed by atoms with Crippen molar-refractivity contribution >= 4 is 5.91 Å². The average Bonchev–Trinajstić information content (AvgIpc) is 2.65. The fourth-order valence-electron chi connectivity index (χ4n) is 2.07. The summed E-state index contributed by atoms with van der Waals surface area (Å²) in [6, 6.07) is 0. The molecule has 88 valence electrons. The van der Waals surface area contributed by atoms with E-state index in [0.29, 0.717) is 6.42 Å². The lowest BCUT2D eigenvalue weighted by molar-refractivity contribution is -0.131. The second kappa shape index (κ2) is 4.68. The van der Waals surface area contributed by atoms with Crippen LogP contribution in [0, 0.1) is 5.92 Å². The second-order valence-electron chi connectivity index (χ2n) is 4.69. The van der Waals surface area contributed by atoms with E-state index in [1.807, 2.05) is 22.7 Å². The molecular weight excluding hydrogens is 202 g/mol. The van der Waals surface area contributed by atoms with E-state index in [0.717, 1.165) is 37.7 Å². The van der Waals surface area contributed by atoms with Crippen LogP contribution >= 0.6 is 0 Å². The van der Waals surface area contributed by atoms with Gasteiger partial charge in [0.1, 0.15) is 5.82 Å². The first-order valence-electron chi connectivity index (χ1n) is 5.91. The van der Waals surface area contributed by atoms with Gasteiger partial charge >= 0.3 is 0 Å². The maximum absolute atomic E-state index is 12.0. The van der Waals surface area contributed by atoms with Crippen molar-refractivity contribution in [2.24, 2.45) is 13.0 Å². The molecular formula is C12H19N3O. The number of piperidine rings is 1. The van der Waals surface area contributed by atoms with Crippen LogP contribution in [0.2, 0.25) is 0 Å². The van der Waals surface area contributed by atoms with Crippen molar-refractivity contribution in [3.8, 4) is 0 Å². The molecule has 0 aliphatic carbocycles. The summed E-state index contributed by atoms with van der Waals surface area (Å²) < 4.78 is 1.91. The van der Waals surface area contributed by atoms with Gasteiger partial charge in [0.2, 0.25) is 5.91 Å². The highest BCUT2D eigenvalue weighted by molar-refractivity contribution is 5.78. The van der Waals surface area contributed by atoms with E-state index in [2.05, 4.69) is 11.9 Å². The molecule has 0 atom stereocenters. The van der Waals surface area contributed by atoms with Crippen molar-refractivity contribution < 1.29 is 4.79 Å². The lowest BCUT2D eigenvalue weighted by Gasteiger charge is -2.30. The largest absolute Gasteiger partial charge is 0.342 e. The first-order chi connectivity index (χ1) is 7.66. The molecule has 1 fully saturated rings. The molecule has 1 aromatic rings. The predicted molar refractivity (Wildman–Crippen MR) is 61.9 cm³/mol. The molecule has 1 aromatic heterocycles. The normalized spacial score (nSPS) is 17.8. The van der Waals surface area contributed by atoms with Crippen LogP contribution in [0.1, 0.15) is 25.6 Å². The number of hydrogen-bond acceptors (Lipinski definition) is 2. The quantitative estimate of drug-likeness (QED) is 0.753. The summed E-state index contributed by atoms with van der Waals surface area (Å²) in [5.74, 6) is 1.82. The van der Waals surface area contributed by atoms with E-state index in [-0.39, 0.29) is 5.91 Å². The highest BCUT2D eigenvalue weighted by atomic mass is 16.2. The number of aromatic nitrogens is 2. The molecule has 2 rings (SSSR count). The van der Waals surface area contributed by atoms with Crippen LogP contribution in [0.4, 0.5) is 0 Å². The van der Waals surface area contributed by atoms with Crippen molar-refractivity contribution in [3.05, 3.63) is 18.2 Å². The number of likely N-dealkylation sites (tertiary alicyclic amines) is 1. The lowest BCUT2D eigenvalue weighted by atomic mass is 9.99. The number of aryl methyl sites for hydroxylation is 1. The fraction of sp³-hybridized carbons (Fsp3) is 0.667. The van der Waals surface area contributed by atoms with Crippen molar-refractivity contribution in [1.82, 2.24) is 14.5 Å². The molecule has 0 spiro atoms. The van der Waals surface area contributed by atoms with E-state index >= 15 is 0 Å². The summed E-state index contributed by atoms with van der Waals surface area (Å²) in [4.78, 5) is 18.1. The molecule has 16 heavy (non-hydrogen) atoms. The molecule has 0 saturated carbocycles. The molecule has 0 unspecified atom stereocenters. The monoisotopic (exact) mass is 221 g/mol. The minimum absolute atomic E-state index is 0.209. The second-order valence-corrected chi connectivity index (χ2v) is 4.69. The molecule has 4 nitrogen and oxygen atoms in total. The number of imidazole rings is 1. The lowest BCUT2D eigenvalue weighted by Crippen LogP contribution is -2.39. The molecule has 4 heteroatoms. The fourth-order valence-corrected chi connectivity index (χ4v) is 2.07. The molecule has 0 bridgehead atoms. The van der Waals surface area contributed by atoms with E-state index in [4.69, 9.17) is 0 Å². The van der Waals surface area contributed by atoms with Crippen molar-refractivity contribution in [2.75, 3.05) is 13.1 Å². The highest BCUT2D eigenvalue weighted by Crippen LogP contribution is 2.16. The smallest absolute Gasteiger partial charge is 0.230 e. The van der Waals surface area contributed by atoms with Crippen molar-refractivity contribution in [2.45, 2.75) is 26.2 Å². The number of carbonyl (C=O) groups excluding carboxylic acids is 1. The Kier molecular flexibility index (Phi) is 3.27. The Morgan fingerprint density at radius 1 is 1.50 bits per heavy atom. The van der Waals surface area contributed by atoms with Crippen LogP contribution in [0.25, 0.3) is 0 Å².